The number of piperazine rings is 2. The van der Waals surface area contributed by atoms with Crippen LogP contribution in [0.2, 0.25) is 0 Å². The zero-order valence-electron chi connectivity index (χ0n) is 41.3. The second-order valence-corrected chi connectivity index (χ2v) is 13.8. The van der Waals surface area contributed by atoms with Crippen LogP contribution in [0.4, 0.5) is 11.4 Å². The van der Waals surface area contributed by atoms with E-state index in [0.29, 0.717) is 58.2 Å². The van der Waals surface area contributed by atoms with Crippen LogP contribution in [0, 0.1) is 0 Å². The smallest absolute Gasteiger partial charge is 0.406 e. The van der Waals surface area contributed by atoms with Crippen LogP contribution in [-0.4, -0.2) is 71.9 Å². The van der Waals surface area contributed by atoms with Crippen LogP contribution >= 0.6 is 0 Å². The number of nitrogens with one attached hydrogen (secondary N) is 2. The summed E-state index contributed by atoms with van der Waals surface area (Å²) in [5, 5.41) is 0. The molecule has 0 aliphatic carbocycles. The Labute approximate surface area is 350 Å². The van der Waals surface area contributed by atoms with Crippen LogP contribution in [0.25, 0.3) is 44.5 Å². The first kappa shape index (κ1) is 27.1. The maximum atomic E-state index is 11.8. The van der Waals surface area contributed by atoms with E-state index in [2.05, 4.69) is 14.9 Å². The van der Waals surface area contributed by atoms with Gasteiger partial charge in [0.1, 0.15) is 0 Å². The summed E-state index contributed by atoms with van der Waals surface area (Å²) in [7, 11) is 0. The van der Waals surface area contributed by atoms with Crippen molar-refractivity contribution in [2.45, 2.75) is 13.0 Å². The van der Waals surface area contributed by atoms with Crippen LogP contribution in [0.3, 0.4) is 0 Å². The van der Waals surface area contributed by atoms with E-state index in [4.69, 9.17) is 22.5 Å². The Bertz CT molecular complexity index is 3180. The summed E-state index contributed by atoms with van der Waals surface area (Å²) in [6.45, 7) is -11.8. The van der Waals surface area contributed by atoms with Crippen LogP contribution in [0.5, 0.6) is 0 Å². The number of fused-ring (bicyclic) bond motifs is 2. The Morgan fingerprint density at radius 1 is 0.500 bits per heavy atom. The molecule has 10 rings (SSSR count). The van der Waals surface area contributed by atoms with Gasteiger partial charge in [-0.2, -0.15) is 0 Å². The fourth-order valence-electron chi connectivity index (χ4n) is 7.12. The molecule has 0 spiro atoms. The van der Waals surface area contributed by atoms with Crippen molar-refractivity contribution < 1.29 is 22.5 Å². The highest BCUT2D eigenvalue weighted by Crippen LogP contribution is 2.28. The molecule has 2 aromatic heterocycles. The molecular weight excluding hydrogens is 725 g/mol. The second-order valence-electron chi connectivity index (χ2n) is 13.8. The molecule has 2 fully saturated rings. The summed E-state index contributed by atoms with van der Waals surface area (Å²) in [5.74, 6) is -1.32. The van der Waals surface area contributed by atoms with Gasteiger partial charge in [-0.15, -0.1) is 0 Å². The van der Waals surface area contributed by atoms with E-state index in [1.807, 2.05) is 114 Å². The summed E-state index contributed by atoms with van der Waals surface area (Å²) in [6.07, 6.45) is 0. The van der Waals surface area contributed by atoms with Crippen molar-refractivity contribution in [3.05, 3.63) is 178 Å². The average molecular weight is 781 g/mol. The number of nitrogens with zero attached hydrogens (tertiary/aromatic N) is 4. The van der Waals surface area contributed by atoms with Crippen molar-refractivity contribution in [1.82, 2.24) is 19.8 Å². The zero-order valence-corrected chi connectivity index (χ0v) is 31.3. The minimum atomic E-state index is -3.09. The summed E-state index contributed by atoms with van der Waals surface area (Å²) < 4.78 is 98.1. The molecule has 292 valence electrons. The molecule has 0 saturated carbocycles. The first-order chi connectivity index (χ1) is 32.3. The Hall–Kier alpha value is -6.62. The molecule has 2 N–H and O–H groups in total. The number of rotatable bonds is 8. The Kier molecular flexibility index (Phi) is 7.87. The number of para-hydroxylation sites is 2. The standard InChI is InChI=1S/2C24H23N3O2/c2*28-24-25-21-10-5-11-22(23(21)29-24)27-14-12-26(13-15-27)17-18-6-4-9-20(16-18)19-7-2-1-3-8-19/h2*1-11,16H,12-15,17H2,(H,25,28)/i12D2,13D2,14D2,15D2;17D2. The quantitative estimate of drug-likeness (QED) is 0.159. The van der Waals surface area contributed by atoms with Gasteiger partial charge >= 0.3 is 11.5 Å². The third-order valence-electron chi connectivity index (χ3n) is 9.94. The number of aromatic nitrogens is 2. The maximum Gasteiger partial charge on any atom is 0.417 e. The van der Waals surface area contributed by atoms with Gasteiger partial charge in [-0.05, 0) is 69.8 Å². The van der Waals surface area contributed by atoms with Crippen molar-refractivity contribution in [2.24, 2.45) is 0 Å². The van der Waals surface area contributed by atoms with Crippen LogP contribution in [-0.2, 0) is 13.0 Å². The van der Waals surface area contributed by atoms with Gasteiger partial charge in [0, 0.05) is 73.4 Å². The highest BCUT2D eigenvalue weighted by atomic mass is 16.4. The van der Waals surface area contributed by atoms with Gasteiger partial charge in [-0.25, -0.2) is 9.59 Å². The molecule has 0 radical (unpaired) electrons. The third kappa shape index (κ3) is 8.39. The summed E-state index contributed by atoms with van der Waals surface area (Å²) in [5.41, 5.74) is 6.68. The van der Waals surface area contributed by atoms with Crippen molar-refractivity contribution in [3.63, 3.8) is 0 Å². The van der Waals surface area contributed by atoms with E-state index in [0.717, 1.165) is 27.9 Å². The van der Waals surface area contributed by atoms with Crippen molar-refractivity contribution in [3.8, 4) is 22.3 Å². The fraction of sp³-hybridized carbons (Fsp3) is 0.208. The molecule has 0 amide bonds. The maximum absolute atomic E-state index is 11.8. The van der Waals surface area contributed by atoms with Gasteiger partial charge in [-0.3, -0.25) is 19.8 Å². The summed E-state index contributed by atoms with van der Waals surface area (Å²) >= 11 is 0. The van der Waals surface area contributed by atoms with Crippen LogP contribution in [0.15, 0.2) is 164 Å². The van der Waals surface area contributed by atoms with E-state index < -0.39 is 50.5 Å². The molecule has 8 aromatic rings. The van der Waals surface area contributed by atoms with Crippen LogP contribution in [0.1, 0.15) is 24.8 Å². The highest BCUT2D eigenvalue weighted by Gasteiger charge is 2.22. The molecule has 2 aliphatic heterocycles. The molecule has 0 atom stereocenters. The number of hydrogen-bond acceptors (Lipinski definition) is 8. The summed E-state index contributed by atoms with van der Waals surface area (Å²) in [6, 6.07) is 43.9. The van der Waals surface area contributed by atoms with Crippen molar-refractivity contribution in [1.29, 1.82) is 0 Å². The van der Waals surface area contributed by atoms with Gasteiger partial charge in [0.2, 0.25) is 0 Å². The van der Waals surface area contributed by atoms with E-state index >= 15 is 0 Å². The monoisotopic (exact) mass is 780 g/mol. The number of benzene rings is 6. The Balaban J connectivity index is 0.000000172. The number of hydrogen-bond donors (Lipinski definition) is 2. The number of H-pyrrole nitrogens is 2. The zero-order chi connectivity index (χ0) is 48.2. The van der Waals surface area contributed by atoms with Crippen molar-refractivity contribution in [2.75, 3.05) is 62.0 Å². The molecule has 6 aromatic carbocycles. The van der Waals surface area contributed by atoms with E-state index in [9.17, 15) is 9.59 Å². The lowest BCUT2D eigenvalue weighted by molar-refractivity contribution is 0.250. The van der Waals surface area contributed by atoms with Gasteiger partial charge in [-0.1, -0.05) is 109 Å². The van der Waals surface area contributed by atoms with E-state index in [1.165, 1.54) is 18.2 Å². The molecule has 0 unspecified atom stereocenters. The highest BCUT2D eigenvalue weighted by molar-refractivity contribution is 5.87. The first-order valence-corrected chi connectivity index (χ1v) is 18.9. The average Bonchev–Trinajstić information content (AvgIpc) is 3.92. The lowest BCUT2D eigenvalue weighted by atomic mass is 10.0. The molecule has 58 heavy (non-hydrogen) atoms. The SMILES string of the molecule is [2H]C([2H])(c1cccc(-c2ccccc2)c1)N1CCN(c2cccc3[nH]c(=O)oc23)CC1.[2H]C1([2H])N(Cc2cccc(-c3ccccc3)c2)C([2H])([2H])C([2H])([2H])N(c2cccc3[nH]c(=O)oc23)C1([2H])[2H]. The molecule has 10 heteroatoms. The molecule has 2 saturated heterocycles. The third-order valence-corrected chi connectivity index (χ3v) is 9.94. The van der Waals surface area contributed by atoms with Crippen LogP contribution < -0.4 is 21.3 Å². The predicted octanol–water partition coefficient (Wildman–Crippen LogP) is 8.22. The molecule has 2 aliphatic rings. The molecular formula is C48H46N6O4. The van der Waals surface area contributed by atoms with E-state index in [-0.39, 0.29) is 16.8 Å². The minimum absolute atomic E-state index is 0.148. The number of anilines is 2. The second kappa shape index (κ2) is 16.9. The Morgan fingerprint density at radius 3 is 1.55 bits per heavy atom. The number of oxazole rings is 2. The largest absolute Gasteiger partial charge is 0.417 e. The fourth-order valence-corrected chi connectivity index (χ4v) is 7.12. The van der Waals surface area contributed by atoms with Gasteiger partial charge < -0.3 is 18.6 Å². The Morgan fingerprint density at radius 2 is 0.983 bits per heavy atom. The minimum Gasteiger partial charge on any atom is -0.406 e. The molecule has 4 heterocycles. The molecule has 0 bridgehead atoms. The van der Waals surface area contributed by atoms with E-state index in [1.54, 1.807) is 18.2 Å². The normalized spacial score (nSPS) is 21.4. The number of aromatic amines is 2. The predicted molar refractivity (Wildman–Crippen MR) is 232 cm³/mol. The van der Waals surface area contributed by atoms with Gasteiger partial charge in [0.15, 0.2) is 11.2 Å². The van der Waals surface area contributed by atoms with Gasteiger partial charge in [0.05, 0.1) is 27.9 Å². The van der Waals surface area contributed by atoms with Crippen molar-refractivity contribution >= 4 is 33.6 Å². The molecule has 10 nitrogen and oxygen atoms in total. The summed E-state index contributed by atoms with van der Waals surface area (Å²) in [4.78, 5) is 33.5. The first-order valence-electron chi connectivity index (χ1n) is 23.9. The topological polar surface area (TPSA) is 105 Å². The lowest BCUT2D eigenvalue weighted by Gasteiger charge is -2.36. The van der Waals surface area contributed by atoms with Gasteiger partial charge in [0.25, 0.3) is 0 Å². The lowest BCUT2D eigenvalue weighted by Crippen LogP contribution is -2.46.